The summed E-state index contributed by atoms with van der Waals surface area (Å²) in [7, 11) is 0. The smallest absolute Gasteiger partial charge is 0.338 e. The van der Waals surface area contributed by atoms with E-state index in [4.69, 9.17) is 14.2 Å². The Labute approximate surface area is 176 Å². The number of halogens is 1. The van der Waals surface area contributed by atoms with E-state index in [0.29, 0.717) is 0 Å². The molecule has 166 valence electrons. The van der Waals surface area contributed by atoms with Crippen LogP contribution in [0.5, 0.6) is 0 Å². The molecule has 1 N–H and O–H groups in total. The standard InChI is InChI=1S/C21H23FN2O7/c1-12-10-24(19(28)23-16(12)26)18-20(3,22)21(4,31-13(2)25)15(30-18)11-29-17(27)14-8-6-5-7-9-14/h5-10,15,18H,11H2,1-4H3,(H,23,26,28)/t15-,18-,20+,21-/m1/s1. The van der Waals surface area contributed by atoms with E-state index < -0.39 is 53.4 Å². The summed E-state index contributed by atoms with van der Waals surface area (Å²) in [6.45, 7) is 4.54. The maximum Gasteiger partial charge on any atom is 0.338 e. The number of esters is 2. The number of aryl methyl sites for hydroxylation is 1. The van der Waals surface area contributed by atoms with Crippen molar-refractivity contribution in [1.29, 1.82) is 0 Å². The molecular formula is C21H23FN2O7. The minimum Gasteiger partial charge on any atom is -0.459 e. The van der Waals surface area contributed by atoms with E-state index in [1.54, 1.807) is 30.3 Å². The van der Waals surface area contributed by atoms with Gasteiger partial charge in [0.25, 0.3) is 5.56 Å². The lowest BCUT2D eigenvalue weighted by molar-refractivity contribution is -0.175. The van der Waals surface area contributed by atoms with E-state index in [0.717, 1.165) is 24.6 Å². The zero-order valence-corrected chi connectivity index (χ0v) is 17.5. The lowest BCUT2D eigenvalue weighted by atomic mass is 9.84. The topological polar surface area (TPSA) is 117 Å². The van der Waals surface area contributed by atoms with E-state index >= 15 is 4.39 Å². The summed E-state index contributed by atoms with van der Waals surface area (Å²) in [5, 5.41) is 0. The number of carbonyl (C=O) groups excluding carboxylic acids is 2. The van der Waals surface area contributed by atoms with Gasteiger partial charge in [0.1, 0.15) is 12.7 Å². The summed E-state index contributed by atoms with van der Waals surface area (Å²) in [6.07, 6.45) is -1.63. The molecule has 0 aliphatic carbocycles. The number of aromatic nitrogens is 2. The Kier molecular flexibility index (Phi) is 5.86. The first-order valence-corrected chi connectivity index (χ1v) is 9.55. The second-order valence-corrected chi connectivity index (χ2v) is 7.70. The molecule has 4 atom stereocenters. The number of rotatable bonds is 5. The maximum atomic E-state index is 16.1. The monoisotopic (exact) mass is 434 g/mol. The van der Waals surface area contributed by atoms with E-state index in [2.05, 4.69) is 4.98 Å². The highest BCUT2D eigenvalue weighted by Gasteiger charge is 2.66. The molecule has 0 bridgehead atoms. The zero-order valence-electron chi connectivity index (χ0n) is 17.5. The van der Waals surface area contributed by atoms with Crippen molar-refractivity contribution in [3.63, 3.8) is 0 Å². The molecule has 31 heavy (non-hydrogen) atoms. The van der Waals surface area contributed by atoms with Gasteiger partial charge in [-0.05, 0) is 32.9 Å². The fourth-order valence-electron chi connectivity index (χ4n) is 3.53. The van der Waals surface area contributed by atoms with Gasteiger partial charge in [-0.25, -0.2) is 14.0 Å². The van der Waals surface area contributed by atoms with Crippen LogP contribution in [0.1, 0.15) is 42.9 Å². The van der Waals surface area contributed by atoms with Gasteiger partial charge in [0.2, 0.25) is 0 Å². The van der Waals surface area contributed by atoms with Crippen LogP contribution in [-0.4, -0.2) is 45.5 Å². The number of nitrogens with one attached hydrogen (secondary N) is 1. The summed E-state index contributed by atoms with van der Waals surface area (Å²) < 4.78 is 33.3. The molecule has 1 fully saturated rings. The molecule has 2 heterocycles. The van der Waals surface area contributed by atoms with E-state index in [-0.39, 0.29) is 11.1 Å². The third-order valence-corrected chi connectivity index (χ3v) is 5.47. The summed E-state index contributed by atoms with van der Waals surface area (Å²) in [6, 6.07) is 8.15. The lowest BCUT2D eigenvalue weighted by Gasteiger charge is -2.36. The molecule has 0 radical (unpaired) electrons. The Morgan fingerprint density at radius 3 is 2.48 bits per heavy atom. The minimum absolute atomic E-state index is 0.159. The number of carbonyl (C=O) groups is 2. The summed E-state index contributed by atoms with van der Waals surface area (Å²) >= 11 is 0. The quantitative estimate of drug-likeness (QED) is 0.711. The number of aromatic amines is 1. The molecular weight excluding hydrogens is 411 g/mol. The Morgan fingerprint density at radius 1 is 1.23 bits per heavy atom. The van der Waals surface area contributed by atoms with Crippen molar-refractivity contribution in [2.24, 2.45) is 0 Å². The first-order valence-electron chi connectivity index (χ1n) is 9.55. The van der Waals surface area contributed by atoms with Crippen molar-refractivity contribution in [2.45, 2.75) is 51.3 Å². The Balaban J connectivity index is 1.95. The summed E-state index contributed by atoms with van der Waals surface area (Å²) in [5.74, 6) is -1.45. The van der Waals surface area contributed by atoms with Crippen molar-refractivity contribution >= 4 is 11.9 Å². The van der Waals surface area contributed by atoms with Crippen LogP contribution in [0.25, 0.3) is 0 Å². The number of hydrogen-bond acceptors (Lipinski definition) is 7. The number of alkyl halides is 1. The van der Waals surface area contributed by atoms with Crippen molar-refractivity contribution < 1.29 is 28.2 Å². The number of ether oxygens (including phenoxy) is 3. The van der Waals surface area contributed by atoms with Crippen molar-refractivity contribution in [2.75, 3.05) is 6.61 Å². The molecule has 1 aliphatic heterocycles. The average Bonchev–Trinajstić information content (AvgIpc) is 2.89. The first-order chi connectivity index (χ1) is 14.5. The number of H-pyrrole nitrogens is 1. The fraction of sp³-hybridized carbons (Fsp3) is 0.429. The van der Waals surface area contributed by atoms with Crippen LogP contribution in [0.2, 0.25) is 0 Å². The third-order valence-electron chi connectivity index (χ3n) is 5.47. The largest absolute Gasteiger partial charge is 0.459 e. The summed E-state index contributed by atoms with van der Waals surface area (Å²) in [4.78, 5) is 50.1. The van der Waals surface area contributed by atoms with Crippen LogP contribution in [0, 0.1) is 6.92 Å². The van der Waals surface area contributed by atoms with Crippen LogP contribution in [-0.2, 0) is 19.0 Å². The molecule has 9 nitrogen and oxygen atoms in total. The molecule has 1 aromatic carbocycles. The van der Waals surface area contributed by atoms with Gasteiger partial charge >= 0.3 is 17.6 Å². The average molecular weight is 434 g/mol. The summed E-state index contributed by atoms with van der Waals surface area (Å²) in [5.41, 5.74) is -5.39. The Morgan fingerprint density at radius 2 is 1.87 bits per heavy atom. The molecule has 1 aliphatic rings. The van der Waals surface area contributed by atoms with Crippen LogP contribution in [0.15, 0.2) is 46.1 Å². The number of benzene rings is 1. The highest BCUT2D eigenvalue weighted by Crippen LogP contribution is 2.50. The van der Waals surface area contributed by atoms with Gasteiger partial charge in [-0.1, -0.05) is 18.2 Å². The highest BCUT2D eigenvalue weighted by molar-refractivity contribution is 5.89. The molecule has 0 saturated carbocycles. The van der Waals surface area contributed by atoms with Crippen LogP contribution in [0.3, 0.4) is 0 Å². The molecule has 1 saturated heterocycles. The molecule has 2 aromatic rings. The molecule has 0 spiro atoms. The highest BCUT2D eigenvalue weighted by atomic mass is 19.1. The molecule has 3 rings (SSSR count). The zero-order chi connectivity index (χ0) is 23.0. The Hall–Kier alpha value is -3.27. The van der Waals surface area contributed by atoms with Gasteiger partial charge in [-0.2, -0.15) is 0 Å². The normalized spacial score (nSPS) is 27.6. The van der Waals surface area contributed by atoms with Gasteiger partial charge < -0.3 is 14.2 Å². The molecule has 0 unspecified atom stereocenters. The fourth-order valence-corrected chi connectivity index (χ4v) is 3.53. The molecule has 0 amide bonds. The van der Waals surface area contributed by atoms with Gasteiger partial charge in [0.15, 0.2) is 17.5 Å². The minimum atomic E-state index is -2.42. The van der Waals surface area contributed by atoms with E-state index in [1.165, 1.54) is 13.8 Å². The van der Waals surface area contributed by atoms with Crippen LogP contribution >= 0.6 is 0 Å². The predicted molar refractivity (Wildman–Crippen MR) is 106 cm³/mol. The number of nitrogens with zero attached hydrogens (tertiary/aromatic N) is 1. The van der Waals surface area contributed by atoms with Gasteiger partial charge in [0, 0.05) is 18.7 Å². The second kappa shape index (κ2) is 8.10. The SMILES string of the molecule is CC(=O)O[C@]1(C)[C@@H](COC(=O)c2ccccc2)O[C@@H](n2cc(C)c(=O)[nH]c2=O)[C@]1(C)F. The third kappa shape index (κ3) is 4.02. The lowest BCUT2D eigenvalue weighted by Crippen LogP contribution is -2.55. The second-order valence-electron chi connectivity index (χ2n) is 7.70. The van der Waals surface area contributed by atoms with Crippen LogP contribution < -0.4 is 11.2 Å². The molecule has 10 heteroatoms. The van der Waals surface area contributed by atoms with Crippen molar-refractivity contribution in [3.8, 4) is 0 Å². The van der Waals surface area contributed by atoms with Gasteiger partial charge in [0.05, 0.1) is 5.56 Å². The van der Waals surface area contributed by atoms with Crippen molar-refractivity contribution in [1.82, 2.24) is 9.55 Å². The molecule has 1 aromatic heterocycles. The van der Waals surface area contributed by atoms with Crippen LogP contribution in [0.4, 0.5) is 4.39 Å². The van der Waals surface area contributed by atoms with Gasteiger partial charge in [-0.15, -0.1) is 0 Å². The Bertz CT molecular complexity index is 1110. The van der Waals surface area contributed by atoms with Crippen molar-refractivity contribution in [3.05, 3.63) is 68.5 Å². The van der Waals surface area contributed by atoms with Gasteiger partial charge in [-0.3, -0.25) is 19.1 Å². The predicted octanol–water partition coefficient (Wildman–Crippen LogP) is 1.65. The number of hydrogen-bond donors (Lipinski definition) is 1. The first kappa shape index (κ1) is 22.4. The van der Waals surface area contributed by atoms with E-state index in [9.17, 15) is 19.2 Å². The van der Waals surface area contributed by atoms with E-state index in [1.807, 2.05) is 0 Å². The maximum absolute atomic E-state index is 16.1.